The average Bonchev–Trinajstić information content (AvgIpc) is 3.26. The third-order valence-electron chi connectivity index (χ3n) is 9.39. The monoisotopic (exact) mass is 584 g/mol. The number of allylic oxidation sites excluding steroid dienone is 1. The fourth-order valence-corrected chi connectivity index (χ4v) is 7.00. The molecule has 0 radical (unpaired) electrons. The number of benzene rings is 1. The van der Waals surface area contributed by atoms with Crippen LogP contribution >= 0.6 is 0 Å². The van der Waals surface area contributed by atoms with Crippen molar-refractivity contribution in [2.45, 2.75) is 81.9 Å². The van der Waals surface area contributed by atoms with Gasteiger partial charge in [0, 0.05) is 50.2 Å². The number of hydrogen-bond acceptors (Lipinski definition) is 7. The summed E-state index contributed by atoms with van der Waals surface area (Å²) in [5, 5.41) is 14.3. The lowest BCUT2D eigenvalue weighted by Gasteiger charge is -2.41. The molecule has 4 N–H and O–H groups in total. The van der Waals surface area contributed by atoms with Crippen LogP contribution in [0.4, 0.5) is 0 Å². The number of primary amides is 1. The molecule has 9 heteroatoms. The summed E-state index contributed by atoms with van der Waals surface area (Å²) >= 11 is 0. The van der Waals surface area contributed by atoms with Gasteiger partial charge in [-0.2, -0.15) is 0 Å². The van der Waals surface area contributed by atoms with Gasteiger partial charge in [0.25, 0.3) is 5.91 Å². The van der Waals surface area contributed by atoms with E-state index < -0.39 is 17.6 Å². The summed E-state index contributed by atoms with van der Waals surface area (Å²) in [4.78, 5) is 42.2. The zero-order valence-corrected chi connectivity index (χ0v) is 25.4. The van der Waals surface area contributed by atoms with Crippen LogP contribution in [0, 0.1) is 0 Å². The number of rotatable bonds is 9. The molecule has 2 aliphatic carbocycles. The summed E-state index contributed by atoms with van der Waals surface area (Å²) in [6, 6.07) is 11.7. The van der Waals surface area contributed by atoms with Crippen LogP contribution in [0.1, 0.15) is 75.0 Å². The van der Waals surface area contributed by atoms with Crippen LogP contribution in [0.15, 0.2) is 70.4 Å². The molecule has 2 aromatic rings. The third kappa shape index (κ3) is 6.48. The van der Waals surface area contributed by atoms with Crippen LogP contribution in [0.25, 0.3) is 0 Å². The minimum atomic E-state index is -0.938. The Morgan fingerprint density at radius 2 is 1.93 bits per heavy atom. The number of carbonyl (C=O) groups excluding carboxylic acids is 2. The van der Waals surface area contributed by atoms with Crippen LogP contribution in [-0.4, -0.2) is 76.7 Å². The zero-order chi connectivity index (χ0) is 30.5. The van der Waals surface area contributed by atoms with E-state index in [-0.39, 0.29) is 18.0 Å². The first-order valence-corrected chi connectivity index (χ1v) is 15.5. The number of hydrogen-bond donors (Lipinski definition) is 3. The van der Waals surface area contributed by atoms with Crippen molar-refractivity contribution >= 4 is 23.2 Å². The van der Waals surface area contributed by atoms with Crippen LogP contribution in [0.5, 0.6) is 0 Å². The lowest BCUT2D eigenvalue weighted by molar-refractivity contribution is -0.127. The molecule has 1 aromatic heterocycles. The van der Waals surface area contributed by atoms with Crippen molar-refractivity contribution < 1.29 is 14.7 Å². The molecule has 2 atom stereocenters. The highest BCUT2D eigenvalue weighted by molar-refractivity contribution is 6.46. The lowest BCUT2D eigenvalue weighted by Crippen LogP contribution is -2.56. The maximum atomic E-state index is 13.9. The molecule has 1 aliphatic heterocycles. The molecule has 9 nitrogen and oxygen atoms in total. The smallest absolute Gasteiger partial charge is 0.272 e. The van der Waals surface area contributed by atoms with Gasteiger partial charge in [-0.1, -0.05) is 69.0 Å². The number of nitrogens with two attached hydrogens (primary N) is 1. The molecule has 2 fully saturated rings. The van der Waals surface area contributed by atoms with Gasteiger partial charge in [-0.25, -0.2) is 0 Å². The summed E-state index contributed by atoms with van der Waals surface area (Å²) < 4.78 is 0. The van der Waals surface area contributed by atoms with E-state index in [4.69, 9.17) is 10.7 Å². The van der Waals surface area contributed by atoms with Gasteiger partial charge < -0.3 is 15.7 Å². The number of aliphatic hydroxyl groups is 1. The molecule has 0 saturated heterocycles. The number of carbonyl (C=O) groups is 2. The Hall–Kier alpha value is -3.69. The summed E-state index contributed by atoms with van der Waals surface area (Å²) in [7, 11) is 1.72. The quantitative estimate of drug-likeness (QED) is 0.388. The van der Waals surface area contributed by atoms with E-state index in [9.17, 15) is 14.7 Å². The number of aliphatic imine (C=N–C) groups is 2. The van der Waals surface area contributed by atoms with E-state index in [0.29, 0.717) is 31.6 Å². The van der Waals surface area contributed by atoms with Crippen molar-refractivity contribution in [1.29, 1.82) is 0 Å². The molecular formula is C34H44N6O3. The molecule has 5 rings (SSSR count). The van der Waals surface area contributed by atoms with Gasteiger partial charge in [-0.15, -0.1) is 0 Å². The fourth-order valence-electron chi connectivity index (χ4n) is 7.00. The number of nitrogens with zero attached hydrogens (tertiary/aromatic N) is 4. The summed E-state index contributed by atoms with van der Waals surface area (Å²) in [6.07, 6.45) is 12.5. The van der Waals surface area contributed by atoms with Crippen LogP contribution in [-0.2, 0) is 21.4 Å². The Labute approximate surface area is 254 Å². The van der Waals surface area contributed by atoms with Crippen molar-refractivity contribution in [3.8, 4) is 0 Å². The van der Waals surface area contributed by atoms with Crippen molar-refractivity contribution in [1.82, 2.24) is 15.2 Å². The fraction of sp³-hybridized carbons (Fsp3) is 0.500. The highest BCUT2D eigenvalue weighted by atomic mass is 16.3. The lowest BCUT2D eigenvalue weighted by atomic mass is 9.78. The van der Waals surface area contributed by atoms with Crippen molar-refractivity contribution in [2.75, 3.05) is 26.7 Å². The molecule has 1 aromatic carbocycles. The molecule has 228 valence electrons. The first-order chi connectivity index (χ1) is 20.8. The molecular weight excluding hydrogens is 540 g/mol. The van der Waals surface area contributed by atoms with E-state index in [1.165, 1.54) is 12.8 Å². The number of aliphatic hydroxyl groups excluding tert-OH is 1. The third-order valence-corrected chi connectivity index (χ3v) is 9.39. The van der Waals surface area contributed by atoms with E-state index in [0.717, 1.165) is 60.1 Å². The Bertz CT molecular complexity index is 1410. The summed E-state index contributed by atoms with van der Waals surface area (Å²) in [5.41, 5.74) is 9.75. The SMILES string of the molecule is CCc1ccccc1C1=NC2(CCCCCC2)CN(CC(O)NC/C=C2/C[C@@](C(N)=O)(c3cccnc3)CC2=NC)C1=O. The maximum Gasteiger partial charge on any atom is 0.272 e. The number of β-amino-alcohol motifs (C(OH)–C–C–N with tert-alkyl or cyclic N) is 1. The maximum absolute atomic E-state index is 13.9. The van der Waals surface area contributed by atoms with Crippen molar-refractivity contribution in [3.05, 3.63) is 77.1 Å². The number of aryl methyl sites for hydroxylation is 1. The predicted molar refractivity (Wildman–Crippen MR) is 169 cm³/mol. The predicted octanol–water partition coefficient (Wildman–Crippen LogP) is 3.49. The van der Waals surface area contributed by atoms with Gasteiger partial charge >= 0.3 is 0 Å². The Morgan fingerprint density at radius 3 is 2.60 bits per heavy atom. The Balaban J connectivity index is 1.31. The van der Waals surface area contributed by atoms with Gasteiger partial charge in [-0.05, 0) is 48.4 Å². The average molecular weight is 585 g/mol. The van der Waals surface area contributed by atoms with Gasteiger partial charge in [0.2, 0.25) is 5.91 Å². The molecule has 43 heavy (non-hydrogen) atoms. The van der Waals surface area contributed by atoms with Gasteiger partial charge in [-0.3, -0.25) is 29.9 Å². The number of nitrogens with one attached hydrogen (secondary N) is 1. The van der Waals surface area contributed by atoms with Gasteiger partial charge in [0.05, 0.1) is 17.5 Å². The first-order valence-electron chi connectivity index (χ1n) is 15.5. The normalized spacial score (nSPS) is 24.8. The number of aromatic nitrogens is 1. The first kappa shape index (κ1) is 30.8. The molecule has 2 heterocycles. The number of amides is 2. The number of pyridine rings is 1. The summed E-state index contributed by atoms with van der Waals surface area (Å²) in [5.74, 6) is -0.537. The largest absolute Gasteiger partial charge is 0.377 e. The van der Waals surface area contributed by atoms with Gasteiger partial charge in [0.1, 0.15) is 11.9 Å². The highest BCUT2D eigenvalue weighted by Gasteiger charge is 2.46. The minimum Gasteiger partial charge on any atom is -0.377 e. The minimum absolute atomic E-state index is 0.131. The second-order valence-electron chi connectivity index (χ2n) is 12.2. The van der Waals surface area contributed by atoms with E-state index >= 15 is 0 Å². The molecule has 1 unspecified atom stereocenters. The van der Waals surface area contributed by atoms with E-state index in [2.05, 4.69) is 28.3 Å². The summed E-state index contributed by atoms with van der Waals surface area (Å²) in [6.45, 7) is 3.12. The standard InChI is InChI=1S/C34H44N6O3/c1-3-24-11-6-7-13-27(24)30-31(42)40(23-33(39-30)15-8-4-5-9-16-33)22-29(41)38-18-14-25-19-34(32(35)43,20-28(25)36-2)26-12-10-17-37-21-26/h6-7,10-14,17,21,29,38,41H,3-5,8-9,15-16,18-20,22-23H2,1-2H3,(H2,35,43)/b25-14-,36-28?/t29?,34-/m0/s1. The van der Waals surface area contributed by atoms with Crippen molar-refractivity contribution in [3.63, 3.8) is 0 Å². The van der Waals surface area contributed by atoms with Crippen LogP contribution in [0.3, 0.4) is 0 Å². The molecule has 3 aliphatic rings. The highest BCUT2D eigenvalue weighted by Crippen LogP contribution is 2.42. The molecule has 1 spiro atoms. The van der Waals surface area contributed by atoms with Crippen LogP contribution < -0.4 is 11.1 Å². The van der Waals surface area contributed by atoms with E-state index in [1.54, 1.807) is 30.4 Å². The second kappa shape index (κ2) is 13.3. The zero-order valence-electron chi connectivity index (χ0n) is 25.4. The second-order valence-corrected chi connectivity index (χ2v) is 12.2. The van der Waals surface area contributed by atoms with Crippen molar-refractivity contribution in [2.24, 2.45) is 15.7 Å². The Morgan fingerprint density at radius 1 is 1.16 bits per heavy atom. The van der Waals surface area contributed by atoms with Crippen LogP contribution in [0.2, 0.25) is 0 Å². The Kier molecular flexibility index (Phi) is 9.52. The molecule has 0 bridgehead atoms. The van der Waals surface area contributed by atoms with E-state index in [1.807, 2.05) is 30.3 Å². The molecule has 2 saturated carbocycles. The topological polar surface area (TPSA) is 133 Å². The molecule has 2 amide bonds. The van der Waals surface area contributed by atoms with Gasteiger partial charge in [0.15, 0.2) is 0 Å².